The molecule has 1 aliphatic heterocycles. The molecule has 1 aromatic rings. The van der Waals surface area contributed by atoms with E-state index < -0.39 is 0 Å². The molecule has 25 heavy (non-hydrogen) atoms. The topological polar surface area (TPSA) is 75.4 Å². The Balaban J connectivity index is 1.81. The van der Waals surface area contributed by atoms with Crippen molar-refractivity contribution in [2.75, 3.05) is 19.6 Å². The maximum Gasteiger partial charge on any atom is 0.223 e. The fraction of sp³-hybridized carbons (Fsp3) is 0.600. The normalized spacial score (nSPS) is 23.6. The van der Waals surface area contributed by atoms with E-state index in [4.69, 9.17) is 5.73 Å². The molecule has 136 valence electrons. The third kappa shape index (κ3) is 4.21. The zero-order chi connectivity index (χ0) is 17.7. The van der Waals surface area contributed by atoms with Crippen LogP contribution in [0.2, 0.25) is 0 Å². The number of nitrogens with one attached hydrogen (secondary N) is 1. The van der Waals surface area contributed by atoms with Crippen molar-refractivity contribution in [3.05, 3.63) is 35.9 Å². The first kappa shape index (κ1) is 17.9. The summed E-state index contributed by atoms with van der Waals surface area (Å²) >= 11 is 0. The third-order valence-electron chi connectivity index (χ3n) is 5.81. The summed E-state index contributed by atoms with van der Waals surface area (Å²) in [6.45, 7) is 1.65. The van der Waals surface area contributed by atoms with E-state index >= 15 is 0 Å². The monoisotopic (exact) mass is 343 g/mol. The Bertz CT molecular complexity index is 596. The first-order valence-electron chi connectivity index (χ1n) is 9.45. The summed E-state index contributed by atoms with van der Waals surface area (Å²) in [4.78, 5) is 27.2. The lowest BCUT2D eigenvalue weighted by Crippen LogP contribution is -2.42. The van der Waals surface area contributed by atoms with E-state index in [0.29, 0.717) is 32.5 Å². The fourth-order valence-electron chi connectivity index (χ4n) is 4.28. The summed E-state index contributed by atoms with van der Waals surface area (Å²) in [7, 11) is 0. The molecule has 5 nitrogen and oxygen atoms in total. The Kier molecular flexibility index (Phi) is 5.74. The largest absolute Gasteiger partial charge is 0.354 e. The highest BCUT2D eigenvalue weighted by molar-refractivity contribution is 5.81. The van der Waals surface area contributed by atoms with Gasteiger partial charge in [-0.25, -0.2) is 0 Å². The highest BCUT2D eigenvalue weighted by atomic mass is 16.2. The third-order valence-corrected chi connectivity index (χ3v) is 5.81. The molecule has 2 aliphatic rings. The zero-order valence-electron chi connectivity index (χ0n) is 14.9. The maximum absolute atomic E-state index is 13.2. The Morgan fingerprint density at radius 1 is 1.20 bits per heavy atom. The summed E-state index contributed by atoms with van der Waals surface area (Å²) in [5.74, 6) is 0.146. The van der Waals surface area contributed by atoms with Crippen molar-refractivity contribution in [2.45, 2.75) is 51.0 Å². The number of hydrogen-bond acceptors (Lipinski definition) is 3. The first-order chi connectivity index (χ1) is 12.1. The van der Waals surface area contributed by atoms with Gasteiger partial charge >= 0.3 is 0 Å². The van der Waals surface area contributed by atoms with E-state index in [1.165, 1.54) is 6.42 Å². The molecule has 1 unspecified atom stereocenters. The van der Waals surface area contributed by atoms with Crippen molar-refractivity contribution in [1.82, 2.24) is 10.2 Å². The molecule has 1 atom stereocenters. The van der Waals surface area contributed by atoms with Gasteiger partial charge in [0.2, 0.25) is 11.8 Å². The van der Waals surface area contributed by atoms with Crippen LogP contribution in [0.1, 0.15) is 56.6 Å². The quantitative estimate of drug-likeness (QED) is 0.881. The lowest BCUT2D eigenvalue weighted by molar-refractivity contribution is -0.136. The summed E-state index contributed by atoms with van der Waals surface area (Å²) < 4.78 is 0. The summed E-state index contributed by atoms with van der Waals surface area (Å²) in [6, 6.07) is 9.70. The number of amides is 2. The molecule has 0 spiro atoms. The second-order valence-corrected chi connectivity index (χ2v) is 7.51. The van der Waals surface area contributed by atoms with Gasteiger partial charge in [-0.15, -0.1) is 0 Å². The summed E-state index contributed by atoms with van der Waals surface area (Å²) in [5, 5.41) is 2.90. The van der Waals surface area contributed by atoms with Crippen LogP contribution in [0.25, 0.3) is 0 Å². The number of nitrogens with zero attached hydrogens (tertiary/aromatic N) is 1. The Hall–Kier alpha value is -1.88. The molecular weight excluding hydrogens is 314 g/mol. The van der Waals surface area contributed by atoms with Gasteiger partial charge in [0, 0.05) is 19.5 Å². The fourth-order valence-corrected chi connectivity index (χ4v) is 4.28. The second-order valence-electron chi connectivity index (χ2n) is 7.51. The number of carbonyl (C=O) groups is 2. The van der Waals surface area contributed by atoms with Gasteiger partial charge in [-0.2, -0.15) is 0 Å². The molecule has 2 fully saturated rings. The Morgan fingerprint density at radius 3 is 2.60 bits per heavy atom. The predicted molar refractivity (Wildman–Crippen MR) is 97.7 cm³/mol. The molecule has 5 heteroatoms. The van der Waals surface area contributed by atoms with Gasteiger partial charge in [-0.1, -0.05) is 49.6 Å². The highest BCUT2D eigenvalue weighted by Gasteiger charge is 2.37. The molecule has 1 heterocycles. The molecule has 1 saturated heterocycles. The number of hydrogen-bond donors (Lipinski definition) is 2. The molecule has 0 radical (unpaired) electrons. The molecule has 1 saturated carbocycles. The van der Waals surface area contributed by atoms with Crippen LogP contribution >= 0.6 is 0 Å². The number of carbonyl (C=O) groups excluding carboxylic acids is 2. The zero-order valence-corrected chi connectivity index (χ0v) is 14.9. The van der Waals surface area contributed by atoms with Crippen LogP contribution in [0.4, 0.5) is 0 Å². The smallest absolute Gasteiger partial charge is 0.223 e. The average Bonchev–Trinajstić information content (AvgIpc) is 2.85. The minimum atomic E-state index is -0.186. The van der Waals surface area contributed by atoms with Gasteiger partial charge in [-0.05, 0) is 30.4 Å². The van der Waals surface area contributed by atoms with Crippen LogP contribution in [0.5, 0.6) is 0 Å². The van der Waals surface area contributed by atoms with E-state index in [0.717, 1.165) is 31.2 Å². The lowest BCUT2D eigenvalue weighted by atomic mass is 9.71. The van der Waals surface area contributed by atoms with Crippen LogP contribution in [0, 0.1) is 5.41 Å². The van der Waals surface area contributed by atoms with Gasteiger partial charge in [0.25, 0.3) is 0 Å². The van der Waals surface area contributed by atoms with Gasteiger partial charge in [0.05, 0.1) is 12.5 Å². The number of benzene rings is 1. The SMILES string of the molecule is NCC1(CC(=O)N2CCNC(=O)CC2c2ccccc2)CCCCC1. The van der Waals surface area contributed by atoms with Gasteiger partial charge in [0.1, 0.15) is 0 Å². The van der Waals surface area contributed by atoms with Crippen LogP contribution in [-0.4, -0.2) is 36.3 Å². The lowest BCUT2D eigenvalue weighted by Gasteiger charge is -2.38. The van der Waals surface area contributed by atoms with Crippen molar-refractivity contribution in [3.63, 3.8) is 0 Å². The molecule has 0 aromatic heterocycles. The van der Waals surface area contributed by atoms with Crippen molar-refractivity contribution in [3.8, 4) is 0 Å². The van der Waals surface area contributed by atoms with Crippen LogP contribution in [-0.2, 0) is 9.59 Å². The van der Waals surface area contributed by atoms with E-state index in [-0.39, 0.29) is 23.3 Å². The minimum absolute atomic E-state index is 0.00959. The Labute approximate surface area is 150 Å². The van der Waals surface area contributed by atoms with E-state index in [1.807, 2.05) is 35.2 Å². The molecule has 3 rings (SSSR count). The minimum Gasteiger partial charge on any atom is -0.354 e. The van der Waals surface area contributed by atoms with Crippen molar-refractivity contribution in [2.24, 2.45) is 11.1 Å². The van der Waals surface area contributed by atoms with Crippen LogP contribution in [0.3, 0.4) is 0 Å². The van der Waals surface area contributed by atoms with E-state index in [2.05, 4.69) is 5.32 Å². The first-order valence-corrected chi connectivity index (χ1v) is 9.45. The molecule has 0 bridgehead atoms. The molecule has 1 aromatic carbocycles. The second kappa shape index (κ2) is 8.00. The average molecular weight is 343 g/mol. The van der Waals surface area contributed by atoms with Crippen molar-refractivity contribution >= 4 is 11.8 Å². The number of nitrogens with two attached hydrogens (primary N) is 1. The summed E-state index contributed by atoms with van der Waals surface area (Å²) in [6.07, 6.45) is 6.46. The van der Waals surface area contributed by atoms with Crippen molar-refractivity contribution < 1.29 is 9.59 Å². The van der Waals surface area contributed by atoms with Crippen LogP contribution in [0.15, 0.2) is 30.3 Å². The molecular formula is C20H29N3O2. The van der Waals surface area contributed by atoms with Gasteiger partial charge < -0.3 is 16.0 Å². The highest BCUT2D eigenvalue weighted by Crippen LogP contribution is 2.39. The van der Waals surface area contributed by atoms with Gasteiger partial charge in [-0.3, -0.25) is 9.59 Å². The van der Waals surface area contributed by atoms with Crippen LogP contribution < -0.4 is 11.1 Å². The maximum atomic E-state index is 13.2. The Morgan fingerprint density at radius 2 is 1.92 bits per heavy atom. The standard InChI is InChI=1S/C20H29N3O2/c21-15-20(9-5-2-6-10-20)14-19(25)23-12-11-22-18(24)13-17(23)16-7-3-1-4-8-16/h1,3-4,7-8,17H,2,5-6,9-15,21H2,(H,22,24). The molecule has 3 N–H and O–H groups in total. The van der Waals surface area contributed by atoms with E-state index in [1.54, 1.807) is 0 Å². The van der Waals surface area contributed by atoms with E-state index in [9.17, 15) is 9.59 Å². The van der Waals surface area contributed by atoms with Crippen molar-refractivity contribution in [1.29, 1.82) is 0 Å². The summed E-state index contributed by atoms with van der Waals surface area (Å²) in [5.41, 5.74) is 7.05. The van der Waals surface area contributed by atoms with Gasteiger partial charge in [0.15, 0.2) is 0 Å². The molecule has 2 amide bonds. The number of rotatable bonds is 4. The molecule has 1 aliphatic carbocycles. The predicted octanol–water partition coefficient (Wildman–Crippen LogP) is 2.38.